The number of aromatic nitrogens is 3. The third-order valence-corrected chi connectivity index (χ3v) is 3.84. The molecule has 0 aliphatic heterocycles. The van der Waals surface area contributed by atoms with E-state index in [4.69, 9.17) is 4.74 Å². The van der Waals surface area contributed by atoms with E-state index in [1.165, 1.54) is 11.8 Å². The van der Waals surface area contributed by atoms with Crippen molar-refractivity contribution in [3.05, 3.63) is 10.5 Å². The molecule has 0 fully saturated rings. The molecule has 1 heterocycles. The number of likely N-dealkylation sites (N-methyl/N-ethyl adjacent to an activating group) is 1. The van der Waals surface area contributed by atoms with Crippen molar-refractivity contribution in [1.29, 1.82) is 0 Å². The Kier molecular flexibility index (Phi) is 8.14. The molecule has 1 unspecified atom stereocenters. The number of carbonyl (C=O) groups is 1. The third kappa shape index (κ3) is 5.55. The van der Waals surface area contributed by atoms with Crippen LogP contribution >= 0.6 is 11.8 Å². The highest BCUT2D eigenvalue weighted by atomic mass is 32.2. The van der Waals surface area contributed by atoms with Crippen LogP contribution in [-0.4, -0.2) is 45.7 Å². The Bertz CT molecular complexity index is 486. The summed E-state index contributed by atoms with van der Waals surface area (Å²) >= 11 is 1.47. The van der Waals surface area contributed by atoms with Crippen LogP contribution in [0.2, 0.25) is 0 Å². The summed E-state index contributed by atoms with van der Waals surface area (Å²) in [7, 11) is 0. The Morgan fingerprint density at radius 1 is 1.48 bits per heavy atom. The molecule has 7 nitrogen and oxygen atoms in total. The molecule has 2 N–H and O–H groups in total. The lowest BCUT2D eigenvalue weighted by atomic mass is 10.2. The third-order valence-electron chi connectivity index (χ3n) is 2.83. The first-order chi connectivity index (χ1) is 10.1. The summed E-state index contributed by atoms with van der Waals surface area (Å²) in [4.78, 5) is 23.3. The van der Waals surface area contributed by atoms with Crippen LogP contribution in [0.15, 0.2) is 9.95 Å². The number of nitrogens with zero attached hydrogens (tertiary/aromatic N) is 2. The van der Waals surface area contributed by atoms with Crippen molar-refractivity contribution >= 4 is 17.7 Å². The first-order valence-corrected chi connectivity index (χ1v) is 8.30. The minimum Gasteiger partial charge on any atom is -0.465 e. The van der Waals surface area contributed by atoms with Crippen molar-refractivity contribution in [1.82, 2.24) is 20.1 Å². The number of rotatable bonds is 10. The number of thioether (sulfide) groups is 1. The van der Waals surface area contributed by atoms with E-state index in [1.807, 2.05) is 13.8 Å². The zero-order chi connectivity index (χ0) is 15.7. The molecular weight excluding hydrogens is 292 g/mol. The van der Waals surface area contributed by atoms with Crippen LogP contribution in [0.1, 0.15) is 33.6 Å². The van der Waals surface area contributed by atoms with Gasteiger partial charge in [0.05, 0.1) is 6.61 Å². The van der Waals surface area contributed by atoms with Gasteiger partial charge in [0.25, 0.3) is 0 Å². The van der Waals surface area contributed by atoms with E-state index < -0.39 is 0 Å². The van der Waals surface area contributed by atoms with Crippen molar-refractivity contribution in [2.75, 3.05) is 18.9 Å². The minimum atomic E-state index is -0.312. The summed E-state index contributed by atoms with van der Waals surface area (Å²) in [5.41, 5.74) is -0.187. The summed E-state index contributed by atoms with van der Waals surface area (Å²) in [6, 6.07) is -0.312. The standard InChI is InChI=1S/C13H24N4O3S/c1-4-8-17-12(19)15-16-13(17)21-9-7-10(14-5-2)11(18)20-6-3/h10,14H,4-9H2,1-3H3,(H,15,19). The maximum absolute atomic E-state index is 11.8. The van der Waals surface area contributed by atoms with Gasteiger partial charge in [-0.1, -0.05) is 25.6 Å². The van der Waals surface area contributed by atoms with Gasteiger partial charge in [0.1, 0.15) is 6.04 Å². The molecule has 0 bridgehead atoms. The highest BCUT2D eigenvalue weighted by Crippen LogP contribution is 2.15. The first-order valence-electron chi connectivity index (χ1n) is 7.31. The fourth-order valence-corrected chi connectivity index (χ4v) is 2.87. The smallest absolute Gasteiger partial charge is 0.343 e. The molecule has 1 rings (SSSR count). The Labute approximate surface area is 128 Å². The van der Waals surface area contributed by atoms with Gasteiger partial charge in [-0.25, -0.2) is 9.89 Å². The molecule has 0 amide bonds. The molecular formula is C13H24N4O3S. The van der Waals surface area contributed by atoms with E-state index in [0.29, 0.717) is 37.0 Å². The molecule has 0 radical (unpaired) electrons. The Hall–Kier alpha value is -1.28. The van der Waals surface area contributed by atoms with E-state index in [0.717, 1.165) is 6.42 Å². The summed E-state index contributed by atoms with van der Waals surface area (Å²) < 4.78 is 6.66. The van der Waals surface area contributed by atoms with Crippen LogP contribution in [0, 0.1) is 0 Å². The highest BCUT2D eigenvalue weighted by Gasteiger charge is 2.18. The zero-order valence-corrected chi connectivity index (χ0v) is 13.7. The van der Waals surface area contributed by atoms with Crippen LogP contribution in [-0.2, 0) is 16.1 Å². The SMILES string of the molecule is CCCn1c(SCCC(NCC)C(=O)OCC)n[nH]c1=O. The molecule has 0 aromatic carbocycles. The lowest BCUT2D eigenvalue weighted by Crippen LogP contribution is -2.38. The van der Waals surface area contributed by atoms with Crippen LogP contribution in [0.25, 0.3) is 0 Å². The normalized spacial score (nSPS) is 12.3. The van der Waals surface area contributed by atoms with E-state index in [9.17, 15) is 9.59 Å². The summed E-state index contributed by atoms with van der Waals surface area (Å²) in [5, 5.41) is 10.2. The average Bonchev–Trinajstić information content (AvgIpc) is 2.80. The maximum atomic E-state index is 11.8. The molecule has 0 aliphatic carbocycles. The number of aromatic amines is 1. The molecule has 21 heavy (non-hydrogen) atoms. The predicted molar refractivity (Wildman–Crippen MR) is 82.6 cm³/mol. The monoisotopic (exact) mass is 316 g/mol. The Morgan fingerprint density at radius 2 is 2.24 bits per heavy atom. The first kappa shape index (κ1) is 17.8. The van der Waals surface area contributed by atoms with Crippen molar-refractivity contribution in [3.8, 4) is 0 Å². The molecule has 120 valence electrons. The van der Waals surface area contributed by atoms with E-state index in [2.05, 4.69) is 15.5 Å². The second kappa shape index (κ2) is 9.62. The van der Waals surface area contributed by atoms with Gasteiger partial charge < -0.3 is 10.1 Å². The number of H-pyrrole nitrogens is 1. The second-order valence-corrected chi connectivity index (χ2v) is 5.52. The van der Waals surface area contributed by atoms with Gasteiger partial charge in [0, 0.05) is 12.3 Å². The zero-order valence-electron chi connectivity index (χ0n) is 12.8. The average molecular weight is 316 g/mol. The maximum Gasteiger partial charge on any atom is 0.343 e. The molecule has 0 spiro atoms. The van der Waals surface area contributed by atoms with E-state index in [-0.39, 0.29) is 17.7 Å². The minimum absolute atomic E-state index is 0.187. The number of ether oxygens (including phenoxy) is 1. The van der Waals surface area contributed by atoms with E-state index >= 15 is 0 Å². The van der Waals surface area contributed by atoms with Crippen LogP contribution in [0.5, 0.6) is 0 Å². The van der Waals surface area contributed by atoms with Gasteiger partial charge in [-0.3, -0.25) is 9.36 Å². The van der Waals surface area contributed by atoms with Crippen molar-refractivity contribution in [2.24, 2.45) is 0 Å². The fraction of sp³-hybridized carbons (Fsp3) is 0.769. The molecule has 1 aromatic rings. The number of carbonyl (C=O) groups excluding carboxylic acids is 1. The lowest BCUT2D eigenvalue weighted by molar-refractivity contribution is -0.145. The topological polar surface area (TPSA) is 89.0 Å². The van der Waals surface area contributed by atoms with Gasteiger partial charge in [0.15, 0.2) is 5.16 Å². The summed E-state index contributed by atoms with van der Waals surface area (Å²) in [6.07, 6.45) is 1.50. The van der Waals surface area contributed by atoms with Crippen LogP contribution in [0.4, 0.5) is 0 Å². The largest absolute Gasteiger partial charge is 0.465 e. The summed E-state index contributed by atoms with van der Waals surface area (Å²) in [6.45, 7) is 7.48. The van der Waals surface area contributed by atoms with Gasteiger partial charge in [-0.15, -0.1) is 5.10 Å². The van der Waals surface area contributed by atoms with Gasteiger partial charge in [-0.2, -0.15) is 0 Å². The Morgan fingerprint density at radius 3 is 2.86 bits per heavy atom. The molecule has 8 heteroatoms. The Balaban J connectivity index is 2.54. The number of nitrogens with one attached hydrogen (secondary N) is 2. The fourth-order valence-electron chi connectivity index (χ4n) is 1.89. The van der Waals surface area contributed by atoms with Crippen molar-refractivity contribution in [2.45, 2.75) is 51.4 Å². The van der Waals surface area contributed by atoms with Gasteiger partial charge in [-0.05, 0) is 26.3 Å². The van der Waals surface area contributed by atoms with Crippen molar-refractivity contribution in [3.63, 3.8) is 0 Å². The molecule has 1 aromatic heterocycles. The number of esters is 1. The van der Waals surface area contributed by atoms with Crippen molar-refractivity contribution < 1.29 is 9.53 Å². The number of hydrogen-bond donors (Lipinski definition) is 2. The molecule has 1 atom stereocenters. The molecule has 0 saturated heterocycles. The predicted octanol–water partition coefficient (Wildman–Crippen LogP) is 1.00. The molecule has 0 saturated carbocycles. The van der Waals surface area contributed by atoms with Gasteiger partial charge in [0.2, 0.25) is 0 Å². The molecule has 0 aliphatic rings. The second-order valence-electron chi connectivity index (χ2n) is 4.46. The number of hydrogen-bond acceptors (Lipinski definition) is 6. The quantitative estimate of drug-likeness (QED) is 0.494. The van der Waals surface area contributed by atoms with Crippen LogP contribution < -0.4 is 11.0 Å². The lowest BCUT2D eigenvalue weighted by Gasteiger charge is -2.15. The van der Waals surface area contributed by atoms with Gasteiger partial charge >= 0.3 is 11.7 Å². The van der Waals surface area contributed by atoms with E-state index in [1.54, 1.807) is 11.5 Å². The van der Waals surface area contributed by atoms with Crippen LogP contribution in [0.3, 0.4) is 0 Å². The summed E-state index contributed by atoms with van der Waals surface area (Å²) in [5.74, 6) is 0.456. The highest BCUT2D eigenvalue weighted by molar-refractivity contribution is 7.99.